The second-order valence-corrected chi connectivity index (χ2v) is 5.24. The van der Waals surface area contributed by atoms with Crippen molar-refractivity contribution in [1.82, 2.24) is 4.98 Å². The number of carbonyl (C=O) groups is 2. The first-order valence-electron chi connectivity index (χ1n) is 7.88. The van der Waals surface area contributed by atoms with Crippen LogP contribution in [-0.2, 0) is 4.74 Å². The number of pyridine rings is 1. The van der Waals surface area contributed by atoms with E-state index >= 15 is 0 Å². The van der Waals surface area contributed by atoms with Crippen LogP contribution in [0.25, 0.3) is 0 Å². The van der Waals surface area contributed by atoms with Crippen molar-refractivity contribution in [1.29, 1.82) is 0 Å². The first-order chi connectivity index (χ1) is 13.0. The molecule has 0 aliphatic heterocycles. The van der Waals surface area contributed by atoms with Gasteiger partial charge >= 0.3 is 5.97 Å². The summed E-state index contributed by atoms with van der Waals surface area (Å²) < 4.78 is 20.7. The Labute approximate surface area is 155 Å². The van der Waals surface area contributed by atoms with Crippen LogP contribution >= 0.6 is 0 Å². The van der Waals surface area contributed by atoms with Crippen LogP contribution in [0, 0.1) is 0 Å². The molecule has 0 saturated carbocycles. The molecule has 0 bridgehead atoms. The Morgan fingerprint density at radius 3 is 2.48 bits per heavy atom. The van der Waals surface area contributed by atoms with Gasteiger partial charge in [0, 0.05) is 24.9 Å². The standard InChI is InChI=1S/C18H20N2O7/c1-24-6-7-27-15-10-11(4-5-19-15)17(21)20-13-8-12(18(22)23)9-14(25-2)16(13)26-3/h4-5,8-10H,6-7H2,1-3H3,(H,20,21)(H,22,23). The van der Waals surface area contributed by atoms with E-state index in [-0.39, 0.29) is 34.2 Å². The molecular formula is C18H20N2O7. The molecule has 0 aliphatic rings. The molecule has 0 radical (unpaired) electrons. The SMILES string of the molecule is COCCOc1cc(C(=O)Nc2cc(C(=O)O)cc(OC)c2OC)ccn1. The van der Waals surface area contributed by atoms with E-state index in [1.807, 2.05) is 0 Å². The van der Waals surface area contributed by atoms with Gasteiger partial charge in [0.2, 0.25) is 5.88 Å². The Bertz CT molecular complexity index is 823. The summed E-state index contributed by atoms with van der Waals surface area (Å²) in [5, 5.41) is 11.9. The minimum absolute atomic E-state index is 0.0544. The Kier molecular flexibility index (Phi) is 6.95. The van der Waals surface area contributed by atoms with Crippen molar-refractivity contribution in [3.05, 3.63) is 41.6 Å². The number of aromatic nitrogens is 1. The highest BCUT2D eigenvalue weighted by atomic mass is 16.5. The first-order valence-corrected chi connectivity index (χ1v) is 7.88. The number of amides is 1. The van der Waals surface area contributed by atoms with E-state index in [1.54, 1.807) is 7.11 Å². The van der Waals surface area contributed by atoms with Crippen molar-refractivity contribution >= 4 is 17.6 Å². The predicted octanol–water partition coefficient (Wildman–Crippen LogP) is 2.07. The predicted molar refractivity (Wildman–Crippen MR) is 96.1 cm³/mol. The Balaban J connectivity index is 2.28. The number of methoxy groups -OCH3 is 3. The number of carbonyl (C=O) groups excluding carboxylic acids is 1. The van der Waals surface area contributed by atoms with Gasteiger partial charge in [-0.25, -0.2) is 9.78 Å². The molecular weight excluding hydrogens is 356 g/mol. The first kappa shape index (κ1) is 20.0. The van der Waals surface area contributed by atoms with Gasteiger partial charge < -0.3 is 29.4 Å². The van der Waals surface area contributed by atoms with Crippen molar-refractivity contribution in [3.8, 4) is 17.4 Å². The highest BCUT2D eigenvalue weighted by Gasteiger charge is 2.18. The summed E-state index contributed by atoms with van der Waals surface area (Å²) in [6, 6.07) is 5.57. The topological polar surface area (TPSA) is 116 Å². The number of carboxylic acid groups (broad SMARTS) is 1. The van der Waals surface area contributed by atoms with Gasteiger partial charge in [-0.1, -0.05) is 0 Å². The molecule has 144 valence electrons. The molecule has 1 aromatic heterocycles. The summed E-state index contributed by atoms with van der Waals surface area (Å²) in [5.74, 6) is -0.989. The van der Waals surface area contributed by atoms with Crippen molar-refractivity contribution in [2.75, 3.05) is 39.9 Å². The number of rotatable bonds is 9. The third kappa shape index (κ3) is 5.08. The molecule has 2 N–H and O–H groups in total. The number of nitrogens with zero attached hydrogens (tertiary/aromatic N) is 1. The maximum atomic E-state index is 12.6. The van der Waals surface area contributed by atoms with Crippen LogP contribution in [0.2, 0.25) is 0 Å². The molecule has 1 heterocycles. The van der Waals surface area contributed by atoms with Crippen molar-refractivity contribution in [2.45, 2.75) is 0 Å². The van der Waals surface area contributed by atoms with Crippen LogP contribution in [0.1, 0.15) is 20.7 Å². The third-order valence-electron chi connectivity index (χ3n) is 3.51. The van der Waals surface area contributed by atoms with Gasteiger partial charge in [0.25, 0.3) is 5.91 Å². The van der Waals surface area contributed by atoms with Crippen LogP contribution in [0.3, 0.4) is 0 Å². The molecule has 0 spiro atoms. The lowest BCUT2D eigenvalue weighted by Crippen LogP contribution is -2.14. The van der Waals surface area contributed by atoms with Gasteiger partial charge in [-0.2, -0.15) is 0 Å². The zero-order valence-electron chi connectivity index (χ0n) is 15.1. The fraction of sp³-hybridized carbons (Fsp3) is 0.278. The molecule has 2 aromatic rings. The van der Waals surface area contributed by atoms with E-state index in [0.29, 0.717) is 13.2 Å². The number of hydrogen-bond acceptors (Lipinski definition) is 7. The number of anilines is 1. The summed E-state index contributed by atoms with van der Waals surface area (Å²) in [6.07, 6.45) is 1.43. The van der Waals surface area contributed by atoms with Crippen molar-refractivity contribution in [2.24, 2.45) is 0 Å². The van der Waals surface area contributed by atoms with E-state index < -0.39 is 11.9 Å². The number of hydrogen-bond donors (Lipinski definition) is 2. The minimum Gasteiger partial charge on any atom is -0.493 e. The van der Waals surface area contributed by atoms with Crippen molar-refractivity contribution in [3.63, 3.8) is 0 Å². The fourth-order valence-corrected chi connectivity index (χ4v) is 2.23. The molecule has 1 aromatic carbocycles. The molecule has 2 rings (SSSR count). The molecule has 0 unspecified atom stereocenters. The lowest BCUT2D eigenvalue weighted by molar-refractivity contribution is 0.0696. The normalized spacial score (nSPS) is 10.2. The van der Waals surface area contributed by atoms with Gasteiger partial charge in [0.1, 0.15) is 6.61 Å². The van der Waals surface area contributed by atoms with Crippen LogP contribution in [0.4, 0.5) is 5.69 Å². The van der Waals surface area contributed by atoms with Gasteiger partial charge in [-0.3, -0.25) is 4.79 Å². The zero-order chi connectivity index (χ0) is 19.8. The minimum atomic E-state index is -1.16. The Hall–Kier alpha value is -3.33. The van der Waals surface area contributed by atoms with Crippen LogP contribution in [0.15, 0.2) is 30.5 Å². The van der Waals surface area contributed by atoms with Crippen LogP contribution in [0.5, 0.6) is 17.4 Å². The molecule has 9 nitrogen and oxygen atoms in total. The van der Waals surface area contributed by atoms with Crippen LogP contribution < -0.4 is 19.5 Å². The average molecular weight is 376 g/mol. The fourth-order valence-electron chi connectivity index (χ4n) is 2.23. The molecule has 27 heavy (non-hydrogen) atoms. The number of nitrogens with one attached hydrogen (secondary N) is 1. The van der Waals surface area contributed by atoms with Crippen LogP contribution in [-0.4, -0.2) is 56.5 Å². The van der Waals surface area contributed by atoms with Gasteiger partial charge in [-0.15, -0.1) is 0 Å². The maximum absolute atomic E-state index is 12.6. The van der Waals surface area contributed by atoms with E-state index in [0.717, 1.165) is 0 Å². The van der Waals surface area contributed by atoms with E-state index in [1.165, 1.54) is 44.7 Å². The largest absolute Gasteiger partial charge is 0.493 e. The molecule has 1 amide bonds. The molecule has 0 atom stereocenters. The summed E-state index contributed by atoms with van der Waals surface area (Å²) in [5.41, 5.74) is 0.387. The zero-order valence-corrected chi connectivity index (χ0v) is 15.1. The summed E-state index contributed by atoms with van der Waals surface area (Å²) in [6.45, 7) is 0.678. The monoisotopic (exact) mass is 376 g/mol. The maximum Gasteiger partial charge on any atom is 0.335 e. The summed E-state index contributed by atoms with van der Waals surface area (Å²) in [4.78, 5) is 27.9. The Morgan fingerprint density at radius 2 is 1.85 bits per heavy atom. The smallest absolute Gasteiger partial charge is 0.335 e. The van der Waals surface area contributed by atoms with Crippen molar-refractivity contribution < 1.29 is 33.6 Å². The number of aromatic carboxylic acids is 1. The average Bonchev–Trinajstić information content (AvgIpc) is 2.67. The summed E-state index contributed by atoms with van der Waals surface area (Å²) in [7, 11) is 4.32. The number of carboxylic acids is 1. The highest BCUT2D eigenvalue weighted by molar-refractivity contribution is 6.06. The van der Waals surface area contributed by atoms with Gasteiger partial charge in [-0.05, 0) is 18.2 Å². The quantitative estimate of drug-likeness (QED) is 0.639. The highest BCUT2D eigenvalue weighted by Crippen LogP contribution is 2.37. The van der Waals surface area contributed by atoms with E-state index in [9.17, 15) is 14.7 Å². The second-order valence-electron chi connectivity index (χ2n) is 5.24. The van der Waals surface area contributed by atoms with Gasteiger partial charge in [0.15, 0.2) is 11.5 Å². The third-order valence-corrected chi connectivity index (χ3v) is 3.51. The number of benzene rings is 1. The summed E-state index contributed by atoms with van der Waals surface area (Å²) >= 11 is 0. The van der Waals surface area contributed by atoms with Gasteiger partial charge in [0.05, 0.1) is 32.1 Å². The van der Waals surface area contributed by atoms with E-state index in [4.69, 9.17) is 18.9 Å². The Morgan fingerprint density at radius 1 is 1.07 bits per heavy atom. The number of ether oxygens (including phenoxy) is 4. The molecule has 0 aliphatic carbocycles. The molecule has 9 heteroatoms. The lowest BCUT2D eigenvalue weighted by atomic mass is 10.1. The lowest BCUT2D eigenvalue weighted by Gasteiger charge is -2.15. The second kappa shape index (κ2) is 9.39. The van der Waals surface area contributed by atoms with E-state index in [2.05, 4.69) is 10.3 Å². The molecule has 0 saturated heterocycles. The molecule has 0 fully saturated rings.